The van der Waals surface area contributed by atoms with Gasteiger partial charge < -0.3 is 10.1 Å². The van der Waals surface area contributed by atoms with Crippen LogP contribution in [0.2, 0.25) is 0 Å². The fraction of sp³-hybridized carbons (Fsp3) is 0.692. The monoisotopic (exact) mass is 241 g/mol. The highest BCUT2D eigenvalue weighted by atomic mass is 32.1. The number of thiophene rings is 1. The molecule has 1 heterocycles. The molecule has 0 atom stereocenters. The van der Waals surface area contributed by atoms with Gasteiger partial charge in [0.2, 0.25) is 0 Å². The van der Waals surface area contributed by atoms with Gasteiger partial charge in [-0.1, -0.05) is 20.8 Å². The molecular formula is C13H23NOS. The van der Waals surface area contributed by atoms with E-state index >= 15 is 0 Å². The van der Waals surface area contributed by atoms with Gasteiger partial charge in [0.1, 0.15) is 0 Å². The summed E-state index contributed by atoms with van der Waals surface area (Å²) >= 11 is 1.93. The van der Waals surface area contributed by atoms with E-state index < -0.39 is 0 Å². The third-order valence-electron chi connectivity index (χ3n) is 2.43. The molecule has 0 saturated heterocycles. The van der Waals surface area contributed by atoms with Crippen molar-refractivity contribution in [2.45, 2.75) is 32.6 Å². The molecule has 0 aliphatic rings. The Balaban J connectivity index is 2.30. The quantitative estimate of drug-likeness (QED) is 0.773. The van der Waals surface area contributed by atoms with Crippen LogP contribution in [0.3, 0.4) is 0 Å². The van der Waals surface area contributed by atoms with Crippen LogP contribution in [0.4, 0.5) is 0 Å². The van der Waals surface area contributed by atoms with Crippen molar-refractivity contribution < 1.29 is 4.74 Å². The van der Waals surface area contributed by atoms with E-state index in [9.17, 15) is 0 Å². The highest BCUT2D eigenvalue weighted by molar-refractivity contribution is 7.12. The lowest BCUT2D eigenvalue weighted by atomic mass is 9.95. The molecule has 0 radical (unpaired) electrons. The van der Waals surface area contributed by atoms with E-state index in [-0.39, 0.29) is 5.41 Å². The molecule has 0 spiro atoms. The number of ether oxygens (including phenoxy) is 1. The molecule has 2 nitrogen and oxygen atoms in total. The van der Waals surface area contributed by atoms with Crippen molar-refractivity contribution in [3.63, 3.8) is 0 Å². The molecule has 0 aromatic carbocycles. The summed E-state index contributed by atoms with van der Waals surface area (Å²) in [5, 5.41) is 3.36. The number of rotatable bonds is 6. The first-order chi connectivity index (χ1) is 7.54. The van der Waals surface area contributed by atoms with Crippen LogP contribution in [0.5, 0.6) is 0 Å². The maximum Gasteiger partial charge on any atom is 0.0587 e. The molecule has 0 saturated carbocycles. The Morgan fingerprint density at radius 1 is 1.25 bits per heavy atom. The zero-order valence-electron chi connectivity index (χ0n) is 10.8. The van der Waals surface area contributed by atoms with Gasteiger partial charge in [-0.3, -0.25) is 0 Å². The maximum absolute atomic E-state index is 4.98. The molecule has 1 aromatic heterocycles. The third kappa shape index (κ3) is 4.64. The van der Waals surface area contributed by atoms with Gasteiger partial charge in [-0.2, -0.15) is 0 Å². The van der Waals surface area contributed by atoms with E-state index in [1.807, 2.05) is 11.3 Å². The summed E-state index contributed by atoms with van der Waals surface area (Å²) in [4.78, 5) is 2.94. The number of hydrogen-bond donors (Lipinski definition) is 1. The van der Waals surface area contributed by atoms with Crippen molar-refractivity contribution in [1.82, 2.24) is 5.32 Å². The minimum atomic E-state index is 0.284. The van der Waals surface area contributed by atoms with Crippen LogP contribution in [-0.2, 0) is 16.6 Å². The van der Waals surface area contributed by atoms with E-state index in [4.69, 9.17) is 4.74 Å². The third-order valence-corrected chi connectivity index (χ3v) is 4.00. The zero-order valence-corrected chi connectivity index (χ0v) is 11.6. The molecule has 16 heavy (non-hydrogen) atoms. The van der Waals surface area contributed by atoms with E-state index in [1.165, 1.54) is 9.75 Å². The molecule has 3 heteroatoms. The van der Waals surface area contributed by atoms with Gasteiger partial charge in [0, 0.05) is 30.0 Å². The van der Waals surface area contributed by atoms with E-state index in [1.54, 1.807) is 7.11 Å². The van der Waals surface area contributed by atoms with E-state index in [2.05, 4.69) is 38.2 Å². The van der Waals surface area contributed by atoms with Crippen LogP contribution in [0.1, 0.15) is 30.5 Å². The van der Waals surface area contributed by atoms with Crippen LogP contribution in [0.15, 0.2) is 12.1 Å². The van der Waals surface area contributed by atoms with Crippen LogP contribution in [-0.4, -0.2) is 26.8 Å². The minimum Gasteiger partial charge on any atom is -0.383 e. The molecule has 0 aliphatic carbocycles. The molecule has 0 unspecified atom stereocenters. The lowest BCUT2D eigenvalue weighted by molar-refractivity contribution is 0.199. The molecule has 92 valence electrons. The van der Waals surface area contributed by atoms with Crippen molar-refractivity contribution in [2.24, 2.45) is 0 Å². The van der Waals surface area contributed by atoms with Crippen LogP contribution in [0.25, 0.3) is 0 Å². The Kier molecular flexibility index (Phi) is 5.46. The average Bonchev–Trinajstić information content (AvgIpc) is 2.65. The lowest BCUT2D eigenvalue weighted by Gasteiger charge is -2.15. The van der Waals surface area contributed by atoms with Crippen molar-refractivity contribution in [1.29, 1.82) is 0 Å². The van der Waals surface area contributed by atoms with E-state index in [0.717, 1.165) is 26.1 Å². The number of methoxy groups -OCH3 is 1. The Bertz CT molecular complexity index is 301. The predicted molar refractivity (Wildman–Crippen MR) is 71.5 cm³/mol. The summed E-state index contributed by atoms with van der Waals surface area (Å²) in [7, 11) is 1.73. The van der Waals surface area contributed by atoms with Gasteiger partial charge in [-0.25, -0.2) is 0 Å². The Hall–Kier alpha value is -0.380. The molecular weight excluding hydrogens is 218 g/mol. The SMILES string of the molecule is COCCNCCc1ccc(C(C)(C)C)s1. The average molecular weight is 241 g/mol. The second kappa shape index (κ2) is 6.38. The van der Waals surface area contributed by atoms with Crippen LogP contribution >= 0.6 is 11.3 Å². The molecule has 0 fully saturated rings. The van der Waals surface area contributed by atoms with Crippen molar-refractivity contribution in [3.8, 4) is 0 Å². The van der Waals surface area contributed by atoms with Crippen molar-refractivity contribution in [2.75, 3.05) is 26.8 Å². The summed E-state index contributed by atoms with van der Waals surface area (Å²) in [6.45, 7) is 9.55. The van der Waals surface area contributed by atoms with Gasteiger partial charge >= 0.3 is 0 Å². The first-order valence-corrected chi connectivity index (χ1v) is 6.64. The first-order valence-electron chi connectivity index (χ1n) is 5.83. The Morgan fingerprint density at radius 3 is 2.56 bits per heavy atom. The van der Waals surface area contributed by atoms with E-state index in [0.29, 0.717) is 0 Å². The highest BCUT2D eigenvalue weighted by Gasteiger charge is 2.15. The van der Waals surface area contributed by atoms with Gasteiger partial charge in [-0.15, -0.1) is 11.3 Å². The molecule has 1 aromatic rings. The standard InChI is InChI=1S/C13H23NOS/c1-13(2,3)12-6-5-11(16-12)7-8-14-9-10-15-4/h5-6,14H,7-10H2,1-4H3. The van der Waals surface area contributed by atoms with Crippen molar-refractivity contribution >= 4 is 11.3 Å². The fourth-order valence-corrected chi connectivity index (χ4v) is 2.49. The minimum absolute atomic E-state index is 0.284. The van der Waals surface area contributed by atoms with Gasteiger partial charge in [-0.05, 0) is 24.0 Å². The zero-order chi connectivity index (χ0) is 12.0. The topological polar surface area (TPSA) is 21.3 Å². The molecule has 1 rings (SSSR count). The molecule has 1 N–H and O–H groups in total. The summed E-state index contributed by atoms with van der Waals surface area (Å²) in [6.07, 6.45) is 1.12. The van der Waals surface area contributed by atoms with Gasteiger partial charge in [0.05, 0.1) is 6.61 Å². The summed E-state index contributed by atoms with van der Waals surface area (Å²) in [5.41, 5.74) is 0.284. The molecule has 0 bridgehead atoms. The van der Waals surface area contributed by atoms with Crippen LogP contribution < -0.4 is 5.32 Å². The summed E-state index contributed by atoms with van der Waals surface area (Å²) in [6, 6.07) is 4.51. The fourth-order valence-electron chi connectivity index (χ4n) is 1.43. The maximum atomic E-state index is 4.98. The van der Waals surface area contributed by atoms with Crippen molar-refractivity contribution in [3.05, 3.63) is 21.9 Å². The molecule has 0 amide bonds. The molecule has 0 aliphatic heterocycles. The number of nitrogens with one attached hydrogen (secondary N) is 1. The van der Waals surface area contributed by atoms with Gasteiger partial charge in [0.25, 0.3) is 0 Å². The summed E-state index contributed by atoms with van der Waals surface area (Å²) < 4.78 is 4.98. The largest absolute Gasteiger partial charge is 0.383 e. The first kappa shape index (κ1) is 13.7. The lowest BCUT2D eigenvalue weighted by Crippen LogP contribution is -2.21. The normalized spacial score (nSPS) is 12.0. The van der Waals surface area contributed by atoms with Crippen LogP contribution in [0, 0.1) is 0 Å². The smallest absolute Gasteiger partial charge is 0.0587 e. The second-order valence-corrected chi connectivity index (χ2v) is 6.18. The Morgan fingerprint density at radius 2 is 2.00 bits per heavy atom. The van der Waals surface area contributed by atoms with Gasteiger partial charge in [0.15, 0.2) is 0 Å². The second-order valence-electron chi connectivity index (χ2n) is 5.01. The Labute approximate surface area is 103 Å². The number of hydrogen-bond acceptors (Lipinski definition) is 3. The summed E-state index contributed by atoms with van der Waals surface area (Å²) in [5.74, 6) is 0. The predicted octanol–water partition coefficient (Wildman–Crippen LogP) is 2.82. The highest BCUT2D eigenvalue weighted by Crippen LogP contribution is 2.29.